The highest BCUT2D eigenvalue weighted by Gasteiger charge is 2.20. The van der Waals surface area contributed by atoms with Crippen LogP contribution in [-0.4, -0.2) is 53.7 Å². The maximum Gasteiger partial charge on any atom is 0.238 e. The van der Waals surface area contributed by atoms with Gasteiger partial charge in [-0.05, 0) is 46.8 Å². The van der Waals surface area contributed by atoms with Crippen LogP contribution in [0.3, 0.4) is 0 Å². The fraction of sp³-hybridized carbons (Fsp3) is 0.692. The van der Waals surface area contributed by atoms with E-state index in [1.807, 2.05) is 20.9 Å². The molecule has 6 heteroatoms. The molecule has 6 nitrogen and oxygen atoms in total. The Kier molecular flexibility index (Phi) is 4.55. The molecule has 0 unspecified atom stereocenters. The first-order chi connectivity index (χ1) is 9.08. The first kappa shape index (κ1) is 14.0. The molecule has 1 fully saturated rings. The Hall–Kier alpha value is -1.40. The average Bonchev–Trinajstić information content (AvgIpc) is 2.71. The van der Waals surface area contributed by atoms with E-state index in [-0.39, 0.29) is 5.91 Å². The number of nitrogens with one attached hydrogen (secondary N) is 3. The SMILES string of the molecule is Cc1n[nH]c(C)c1NC(=O)CN(C)C1CCNCC1. The molecule has 1 aliphatic rings. The number of amides is 1. The molecule has 0 radical (unpaired) electrons. The number of hydrogen-bond donors (Lipinski definition) is 3. The van der Waals surface area contributed by atoms with Gasteiger partial charge in [-0.1, -0.05) is 0 Å². The van der Waals surface area contributed by atoms with E-state index in [0.717, 1.165) is 43.0 Å². The summed E-state index contributed by atoms with van der Waals surface area (Å²) in [5.41, 5.74) is 2.54. The molecule has 0 spiro atoms. The Morgan fingerprint density at radius 3 is 2.68 bits per heavy atom. The largest absolute Gasteiger partial charge is 0.322 e. The molecule has 1 aromatic heterocycles. The van der Waals surface area contributed by atoms with Crippen molar-refractivity contribution in [2.75, 3.05) is 32.0 Å². The minimum absolute atomic E-state index is 0.0219. The van der Waals surface area contributed by atoms with E-state index in [1.54, 1.807) is 0 Å². The highest BCUT2D eigenvalue weighted by Crippen LogP contribution is 2.16. The second-order valence-corrected chi connectivity index (χ2v) is 5.25. The maximum atomic E-state index is 12.1. The Labute approximate surface area is 113 Å². The summed E-state index contributed by atoms with van der Waals surface area (Å²) in [5, 5.41) is 13.2. The van der Waals surface area contributed by atoms with Crippen molar-refractivity contribution in [2.45, 2.75) is 32.7 Å². The molecular formula is C13H23N5O. The standard InChI is InChI=1S/C13H23N5O/c1-9-13(10(2)17-16-9)15-12(19)8-18(3)11-4-6-14-7-5-11/h11,14H,4-8H2,1-3H3,(H,15,19)(H,16,17). The summed E-state index contributed by atoms with van der Waals surface area (Å²) in [6.07, 6.45) is 2.21. The van der Waals surface area contributed by atoms with Gasteiger partial charge in [0.25, 0.3) is 0 Å². The van der Waals surface area contributed by atoms with E-state index >= 15 is 0 Å². The minimum Gasteiger partial charge on any atom is -0.322 e. The van der Waals surface area contributed by atoms with Crippen molar-refractivity contribution in [3.8, 4) is 0 Å². The van der Waals surface area contributed by atoms with Gasteiger partial charge in [-0.3, -0.25) is 14.8 Å². The third-order valence-electron chi connectivity index (χ3n) is 3.72. The molecule has 1 aliphatic heterocycles. The summed E-state index contributed by atoms with van der Waals surface area (Å²) in [5.74, 6) is 0.0219. The minimum atomic E-state index is 0.0219. The van der Waals surface area contributed by atoms with E-state index in [4.69, 9.17) is 0 Å². The predicted molar refractivity (Wildman–Crippen MR) is 75.2 cm³/mol. The summed E-state index contributed by atoms with van der Waals surface area (Å²) in [6.45, 7) is 6.30. The number of carbonyl (C=O) groups is 1. The van der Waals surface area contributed by atoms with Crippen LogP contribution in [-0.2, 0) is 4.79 Å². The Morgan fingerprint density at radius 2 is 2.11 bits per heavy atom. The lowest BCUT2D eigenvalue weighted by Crippen LogP contribution is -2.44. The number of likely N-dealkylation sites (N-methyl/N-ethyl adjacent to an activating group) is 1. The molecule has 106 valence electrons. The molecule has 19 heavy (non-hydrogen) atoms. The summed E-state index contributed by atoms with van der Waals surface area (Å²) >= 11 is 0. The van der Waals surface area contributed by atoms with Crippen LogP contribution in [0.25, 0.3) is 0 Å². The first-order valence-electron chi connectivity index (χ1n) is 6.80. The van der Waals surface area contributed by atoms with E-state index in [9.17, 15) is 4.79 Å². The smallest absolute Gasteiger partial charge is 0.238 e. The summed E-state index contributed by atoms with van der Waals surface area (Å²) in [6, 6.07) is 0.499. The van der Waals surface area contributed by atoms with Crippen LogP contribution in [0.15, 0.2) is 0 Å². The lowest BCUT2D eigenvalue weighted by atomic mass is 10.1. The van der Waals surface area contributed by atoms with E-state index in [0.29, 0.717) is 12.6 Å². The van der Waals surface area contributed by atoms with Gasteiger partial charge in [0.1, 0.15) is 0 Å². The van der Waals surface area contributed by atoms with Gasteiger partial charge in [-0.25, -0.2) is 0 Å². The summed E-state index contributed by atoms with van der Waals surface area (Å²) in [7, 11) is 2.02. The monoisotopic (exact) mass is 265 g/mol. The number of piperidine rings is 1. The van der Waals surface area contributed by atoms with Crippen molar-refractivity contribution >= 4 is 11.6 Å². The van der Waals surface area contributed by atoms with Crippen molar-refractivity contribution in [3.63, 3.8) is 0 Å². The normalized spacial score (nSPS) is 16.8. The third kappa shape index (κ3) is 3.54. The molecule has 0 aromatic carbocycles. The lowest BCUT2D eigenvalue weighted by Gasteiger charge is -2.31. The van der Waals surface area contributed by atoms with Crippen LogP contribution < -0.4 is 10.6 Å². The molecule has 2 heterocycles. The van der Waals surface area contributed by atoms with Gasteiger partial charge in [0, 0.05) is 6.04 Å². The zero-order chi connectivity index (χ0) is 13.8. The quantitative estimate of drug-likeness (QED) is 0.747. The second kappa shape index (κ2) is 6.16. The zero-order valence-corrected chi connectivity index (χ0v) is 11.9. The van der Waals surface area contributed by atoms with Crippen LogP contribution in [0.2, 0.25) is 0 Å². The van der Waals surface area contributed by atoms with Crippen LogP contribution >= 0.6 is 0 Å². The molecule has 2 rings (SSSR count). The van der Waals surface area contributed by atoms with Crippen molar-refractivity contribution in [1.82, 2.24) is 20.4 Å². The van der Waals surface area contributed by atoms with Gasteiger partial charge in [-0.2, -0.15) is 5.10 Å². The van der Waals surface area contributed by atoms with E-state index < -0.39 is 0 Å². The van der Waals surface area contributed by atoms with Gasteiger partial charge in [0.15, 0.2) is 0 Å². The van der Waals surface area contributed by atoms with Crippen molar-refractivity contribution in [3.05, 3.63) is 11.4 Å². The Morgan fingerprint density at radius 1 is 1.42 bits per heavy atom. The fourth-order valence-corrected chi connectivity index (χ4v) is 2.52. The molecule has 1 aromatic rings. The van der Waals surface area contributed by atoms with Crippen LogP contribution in [0, 0.1) is 13.8 Å². The number of H-pyrrole nitrogens is 1. The van der Waals surface area contributed by atoms with Gasteiger partial charge in [0.2, 0.25) is 5.91 Å². The molecule has 1 amide bonds. The number of nitrogens with zero attached hydrogens (tertiary/aromatic N) is 2. The molecular weight excluding hydrogens is 242 g/mol. The molecule has 1 saturated heterocycles. The van der Waals surface area contributed by atoms with Gasteiger partial charge < -0.3 is 10.6 Å². The molecule has 0 atom stereocenters. The molecule has 0 saturated carbocycles. The van der Waals surface area contributed by atoms with Crippen LogP contribution in [0.1, 0.15) is 24.2 Å². The number of hydrogen-bond acceptors (Lipinski definition) is 4. The fourth-order valence-electron chi connectivity index (χ4n) is 2.52. The van der Waals surface area contributed by atoms with Crippen molar-refractivity contribution < 1.29 is 4.79 Å². The second-order valence-electron chi connectivity index (χ2n) is 5.25. The molecule has 3 N–H and O–H groups in total. The lowest BCUT2D eigenvalue weighted by molar-refractivity contribution is -0.117. The highest BCUT2D eigenvalue weighted by atomic mass is 16.2. The number of aryl methyl sites for hydroxylation is 2. The first-order valence-corrected chi connectivity index (χ1v) is 6.80. The van der Waals surface area contributed by atoms with Gasteiger partial charge >= 0.3 is 0 Å². The Bertz CT molecular complexity index is 417. The van der Waals surface area contributed by atoms with Crippen LogP contribution in [0.5, 0.6) is 0 Å². The number of aromatic amines is 1. The number of rotatable bonds is 4. The third-order valence-corrected chi connectivity index (χ3v) is 3.72. The zero-order valence-electron chi connectivity index (χ0n) is 11.9. The van der Waals surface area contributed by atoms with Crippen molar-refractivity contribution in [2.24, 2.45) is 0 Å². The highest BCUT2D eigenvalue weighted by molar-refractivity contribution is 5.93. The topological polar surface area (TPSA) is 73.0 Å². The van der Waals surface area contributed by atoms with E-state index in [2.05, 4.69) is 25.7 Å². The molecule has 0 aliphatic carbocycles. The number of anilines is 1. The number of carbonyl (C=O) groups excluding carboxylic acids is 1. The Balaban J connectivity index is 1.87. The maximum absolute atomic E-state index is 12.1. The van der Waals surface area contributed by atoms with Crippen LogP contribution in [0.4, 0.5) is 5.69 Å². The summed E-state index contributed by atoms with van der Waals surface area (Å²) < 4.78 is 0. The van der Waals surface area contributed by atoms with Gasteiger partial charge in [0.05, 0.1) is 23.6 Å². The van der Waals surface area contributed by atoms with E-state index in [1.165, 1.54) is 0 Å². The molecule has 0 bridgehead atoms. The summed E-state index contributed by atoms with van der Waals surface area (Å²) in [4.78, 5) is 14.2. The average molecular weight is 265 g/mol. The van der Waals surface area contributed by atoms with Gasteiger partial charge in [-0.15, -0.1) is 0 Å². The predicted octanol–water partition coefficient (Wildman–Crippen LogP) is 0.649. The number of aromatic nitrogens is 2. The van der Waals surface area contributed by atoms with Crippen molar-refractivity contribution in [1.29, 1.82) is 0 Å².